The first kappa shape index (κ1) is 23.2. The van der Waals surface area contributed by atoms with Crippen LogP contribution in [0.4, 0.5) is 23.1 Å². The minimum Gasteiger partial charge on any atom is -0.393 e. The Morgan fingerprint density at radius 2 is 1.85 bits per heavy atom. The number of amides is 1. The standard InChI is InChI=1S/C23H34N8O2/c1-3-18-22(26-15-4-7-17(32)8-5-15)29-23(20(27-18)21(24)33)28-19-9-6-16(14-25-19)31-12-10-30(2)11-13-31/h6,9,14-15,17,32H,3-5,7-8,10-13H2,1-2H3,(H2,24,33)(H2,25,26,28,29). The Bertz CT molecular complexity index is 952. The molecule has 2 fully saturated rings. The van der Waals surface area contributed by atoms with E-state index in [1.54, 1.807) is 0 Å². The molecular weight excluding hydrogens is 420 g/mol. The maximum absolute atomic E-state index is 12.1. The summed E-state index contributed by atoms with van der Waals surface area (Å²) in [5.41, 5.74) is 7.47. The van der Waals surface area contributed by atoms with Gasteiger partial charge >= 0.3 is 0 Å². The van der Waals surface area contributed by atoms with Crippen LogP contribution in [-0.2, 0) is 6.42 Å². The van der Waals surface area contributed by atoms with Crippen molar-refractivity contribution >= 4 is 29.0 Å². The quantitative estimate of drug-likeness (QED) is 0.494. The van der Waals surface area contributed by atoms with Crippen LogP contribution in [0.5, 0.6) is 0 Å². The van der Waals surface area contributed by atoms with Crippen LogP contribution in [0, 0.1) is 0 Å². The number of nitrogens with two attached hydrogens (primary N) is 1. The van der Waals surface area contributed by atoms with E-state index in [0.717, 1.165) is 57.5 Å². The van der Waals surface area contributed by atoms with Crippen LogP contribution in [-0.4, -0.2) is 76.2 Å². The molecule has 0 bridgehead atoms. The lowest BCUT2D eigenvalue weighted by molar-refractivity contribution is 0.0996. The zero-order chi connectivity index (χ0) is 23.4. The number of carbonyl (C=O) groups excluding carboxylic acids is 1. The number of aryl methyl sites for hydroxylation is 1. The van der Waals surface area contributed by atoms with Gasteiger partial charge in [0.15, 0.2) is 17.3 Å². The molecule has 2 aromatic heterocycles. The molecular formula is C23H34N8O2. The second kappa shape index (κ2) is 10.3. The number of nitrogens with one attached hydrogen (secondary N) is 2. The summed E-state index contributed by atoms with van der Waals surface area (Å²) >= 11 is 0. The van der Waals surface area contributed by atoms with Crippen LogP contribution in [0.1, 0.15) is 48.8 Å². The molecule has 0 radical (unpaired) electrons. The Kier molecular flexibility index (Phi) is 7.24. The first-order valence-corrected chi connectivity index (χ1v) is 11.7. The van der Waals surface area contributed by atoms with Gasteiger partial charge in [-0.1, -0.05) is 6.92 Å². The van der Waals surface area contributed by atoms with Gasteiger partial charge in [0.1, 0.15) is 5.82 Å². The molecule has 1 saturated heterocycles. The molecule has 2 aromatic rings. The highest BCUT2D eigenvalue weighted by Gasteiger charge is 2.23. The summed E-state index contributed by atoms with van der Waals surface area (Å²) in [6, 6.07) is 4.11. The smallest absolute Gasteiger partial charge is 0.271 e. The van der Waals surface area contributed by atoms with Gasteiger partial charge in [0.25, 0.3) is 5.91 Å². The number of pyridine rings is 1. The molecule has 0 spiro atoms. The van der Waals surface area contributed by atoms with Crippen molar-refractivity contribution in [3.63, 3.8) is 0 Å². The number of hydrogen-bond donors (Lipinski definition) is 4. The number of primary amides is 1. The predicted octanol–water partition coefficient (Wildman–Crippen LogP) is 1.74. The van der Waals surface area contributed by atoms with Gasteiger partial charge in [-0.15, -0.1) is 0 Å². The molecule has 3 heterocycles. The molecule has 0 atom stereocenters. The highest BCUT2D eigenvalue weighted by molar-refractivity contribution is 5.96. The van der Waals surface area contributed by atoms with Crippen molar-refractivity contribution in [1.82, 2.24) is 19.9 Å². The third-order valence-electron chi connectivity index (χ3n) is 6.44. The van der Waals surface area contributed by atoms with Crippen molar-refractivity contribution in [2.24, 2.45) is 5.73 Å². The largest absolute Gasteiger partial charge is 0.393 e. The highest BCUT2D eigenvalue weighted by atomic mass is 16.3. The van der Waals surface area contributed by atoms with Crippen molar-refractivity contribution in [1.29, 1.82) is 0 Å². The Morgan fingerprint density at radius 3 is 2.45 bits per heavy atom. The number of aromatic nitrogens is 3. The van der Waals surface area contributed by atoms with E-state index < -0.39 is 5.91 Å². The summed E-state index contributed by atoms with van der Waals surface area (Å²) in [6.07, 6.45) is 5.47. The number of likely N-dealkylation sites (N-methyl/N-ethyl adjacent to an activating group) is 1. The number of rotatable bonds is 7. The van der Waals surface area contributed by atoms with Gasteiger partial charge < -0.3 is 31.3 Å². The topological polar surface area (TPSA) is 133 Å². The first-order chi connectivity index (χ1) is 15.9. The third-order valence-corrected chi connectivity index (χ3v) is 6.44. The molecule has 4 rings (SSSR count). The van der Waals surface area contributed by atoms with Gasteiger partial charge in [-0.2, -0.15) is 0 Å². The van der Waals surface area contributed by atoms with E-state index in [-0.39, 0.29) is 23.7 Å². The molecule has 10 nitrogen and oxygen atoms in total. The lowest BCUT2D eigenvalue weighted by atomic mass is 9.93. The normalized spacial score (nSPS) is 21.6. The monoisotopic (exact) mass is 454 g/mol. The zero-order valence-corrected chi connectivity index (χ0v) is 19.4. The molecule has 0 aromatic carbocycles. The molecule has 2 aliphatic rings. The van der Waals surface area contributed by atoms with E-state index in [2.05, 4.69) is 42.4 Å². The number of aliphatic hydroxyl groups is 1. The summed E-state index contributed by atoms with van der Waals surface area (Å²) < 4.78 is 0. The van der Waals surface area contributed by atoms with E-state index in [4.69, 9.17) is 5.73 Å². The van der Waals surface area contributed by atoms with E-state index in [9.17, 15) is 9.90 Å². The molecule has 1 saturated carbocycles. The number of piperazine rings is 1. The molecule has 10 heteroatoms. The van der Waals surface area contributed by atoms with E-state index in [0.29, 0.717) is 23.8 Å². The zero-order valence-electron chi connectivity index (χ0n) is 19.4. The molecule has 1 aliphatic carbocycles. The molecule has 1 amide bonds. The molecule has 0 unspecified atom stereocenters. The van der Waals surface area contributed by atoms with Crippen LogP contribution in [0.2, 0.25) is 0 Å². The Hall–Kier alpha value is -2.98. The summed E-state index contributed by atoms with van der Waals surface area (Å²) in [5, 5.41) is 16.4. The third kappa shape index (κ3) is 5.69. The number of nitrogens with zero attached hydrogens (tertiary/aromatic N) is 5. The Labute approximate surface area is 194 Å². The number of anilines is 4. The van der Waals surface area contributed by atoms with Gasteiger partial charge in [-0.3, -0.25) is 4.79 Å². The number of hydrogen-bond acceptors (Lipinski definition) is 9. The Morgan fingerprint density at radius 1 is 1.12 bits per heavy atom. The van der Waals surface area contributed by atoms with Crippen molar-refractivity contribution in [2.45, 2.75) is 51.2 Å². The fourth-order valence-electron chi connectivity index (χ4n) is 4.34. The van der Waals surface area contributed by atoms with Gasteiger partial charge in [-0.05, 0) is 51.3 Å². The minimum absolute atomic E-state index is 0.0985. The van der Waals surface area contributed by atoms with Gasteiger partial charge in [-0.25, -0.2) is 15.0 Å². The van der Waals surface area contributed by atoms with Gasteiger partial charge in [0.2, 0.25) is 0 Å². The summed E-state index contributed by atoms with van der Waals surface area (Å²) in [6.45, 7) is 5.95. The number of aliphatic hydroxyl groups excluding tert-OH is 1. The molecule has 1 aliphatic heterocycles. The summed E-state index contributed by atoms with van der Waals surface area (Å²) in [4.78, 5) is 30.5. The summed E-state index contributed by atoms with van der Waals surface area (Å²) in [5.74, 6) is 0.861. The fourth-order valence-corrected chi connectivity index (χ4v) is 4.34. The second-order valence-electron chi connectivity index (χ2n) is 8.90. The SMILES string of the molecule is CCc1nc(C(N)=O)c(Nc2ccc(N3CCN(C)CC3)cn2)nc1NC1CCC(O)CC1. The van der Waals surface area contributed by atoms with Crippen molar-refractivity contribution in [3.8, 4) is 0 Å². The van der Waals surface area contributed by atoms with Crippen LogP contribution in [0.3, 0.4) is 0 Å². The average Bonchev–Trinajstić information content (AvgIpc) is 2.81. The maximum Gasteiger partial charge on any atom is 0.271 e. The lowest BCUT2D eigenvalue weighted by Gasteiger charge is -2.33. The van der Waals surface area contributed by atoms with E-state index in [1.165, 1.54) is 0 Å². The van der Waals surface area contributed by atoms with E-state index >= 15 is 0 Å². The summed E-state index contributed by atoms with van der Waals surface area (Å²) in [7, 11) is 2.13. The van der Waals surface area contributed by atoms with Crippen LogP contribution in [0.15, 0.2) is 18.3 Å². The van der Waals surface area contributed by atoms with Gasteiger partial charge in [0, 0.05) is 32.2 Å². The number of carbonyl (C=O) groups is 1. The van der Waals surface area contributed by atoms with E-state index in [1.807, 2.05) is 25.3 Å². The fraction of sp³-hybridized carbons (Fsp3) is 0.565. The van der Waals surface area contributed by atoms with Crippen LogP contribution >= 0.6 is 0 Å². The molecule has 178 valence electrons. The second-order valence-corrected chi connectivity index (χ2v) is 8.90. The van der Waals surface area contributed by atoms with Crippen LogP contribution < -0.4 is 21.3 Å². The van der Waals surface area contributed by atoms with Crippen LogP contribution in [0.25, 0.3) is 0 Å². The average molecular weight is 455 g/mol. The highest BCUT2D eigenvalue weighted by Crippen LogP contribution is 2.26. The van der Waals surface area contributed by atoms with Crippen molar-refractivity contribution in [2.75, 3.05) is 48.8 Å². The van der Waals surface area contributed by atoms with Crippen molar-refractivity contribution < 1.29 is 9.90 Å². The lowest BCUT2D eigenvalue weighted by Crippen LogP contribution is -2.44. The molecule has 5 N–H and O–H groups in total. The minimum atomic E-state index is -0.638. The maximum atomic E-state index is 12.1. The Balaban J connectivity index is 1.53. The van der Waals surface area contributed by atoms with Gasteiger partial charge in [0.05, 0.1) is 23.7 Å². The van der Waals surface area contributed by atoms with Crippen molar-refractivity contribution in [3.05, 3.63) is 29.7 Å². The molecule has 33 heavy (non-hydrogen) atoms. The first-order valence-electron chi connectivity index (χ1n) is 11.7. The predicted molar refractivity (Wildman–Crippen MR) is 129 cm³/mol.